The van der Waals surface area contributed by atoms with Crippen molar-refractivity contribution in [1.29, 1.82) is 0 Å². The molecule has 3 atom stereocenters. The molecular weight excluding hydrogens is 408 g/mol. The zero-order valence-corrected chi connectivity index (χ0v) is 17.7. The molecule has 0 spiro atoms. The number of thiazole rings is 1. The van der Waals surface area contributed by atoms with Crippen LogP contribution in [0.5, 0.6) is 5.75 Å². The van der Waals surface area contributed by atoms with Crippen molar-refractivity contribution >= 4 is 29.1 Å². The van der Waals surface area contributed by atoms with E-state index in [4.69, 9.17) is 4.84 Å². The van der Waals surface area contributed by atoms with Gasteiger partial charge in [-0.2, -0.15) is 5.48 Å². The molecule has 9 nitrogen and oxygen atoms in total. The Labute approximate surface area is 178 Å². The van der Waals surface area contributed by atoms with Crippen LogP contribution < -0.4 is 15.6 Å². The molecule has 0 saturated carbocycles. The number of β-amino-alcohol motifs (C(OH)–C–C–N with tert-alkyl or cyclic N) is 1. The predicted octanol–water partition coefficient (Wildman–Crippen LogP) is 1.01. The topological polar surface area (TPSA) is 121 Å². The van der Waals surface area contributed by atoms with Crippen LogP contribution in [0, 0.1) is 6.92 Å². The van der Waals surface area contributed by atoms with E-state index in [0.29, 0.717) is 5.75 Å². The molecule has 1 saturated heterocycles. The second-order valence-electron chi connectivity index (χ2n) is 7.18. The van der Waals surface area contributed by atoms with Crippen LogP contribution in [0.3, 0.4) is 0 Å². The first-order valence-electron chi connectivity index (χ1n) is 9.49. The number of rotatable bonds is 6. The van der Waals surface area contributed by atoms with Crippen molar-refractivity contribution in [3.8, 4) is 16.2 Å². The van der Waals surface area contributed by atoms with E-state index >= 15 is 0 Å². The Morgan fingerprint density at radius 3 is 2.60 bits per heavy atom. The van der Waals surface area contributed by atoms with E-state index < -0.39 is 30.0 Å². The molecule has 30 heavy (non-hydrogen) atoms. The van der Waals surface area contributed by atoms with Crippen molar-refractivity contribution in [1.82, 2.24) is 20.7 Å². The van der Waals surface area contributed by atoms with Gasteiger partial charge >= 0.3 is 0 Å². The Kier molecular flexibility index (Phi) is 6.68. The van der Waals surface area contributed by atoms with E-state index in [0.717, 1.165) is 16.1 Å². The summed E-state index contributed by atoms with van der Waals surface area (Å²) in [7, 11) is 0. The highest BCUT2D eigenvalue weighted by Crippen LogP contribution is 2.28. The molecule has 160 valence electrons. The van der Waals surface area contributed by atoms with Crippen LogP contribution in [0.1, 0.15) is 26.0 Å². The molecule has 1 aromatic carbocycles. The highest BCUT2D eigenvalue weighted by molar-refractivity contribution is 7.13. The number of hydrogen-bond donors (Lipinski definition) is 3. The summed E-state index contributed by atoms with van der Waals surface area (Å²) in [5, 5.41) is 12.4. The van der Waals surface area contributed by atoms with Crippen molar-refractivity contribution in [2.24, 2.45) is 0 Å². The summed E-state index contributed by atoms with van der Waals surface area (Å²) < 4.78 is 0. The number of aromatic nitrogens is 1. The van der Waals surface area contributed by atoms with Crippen LogP contribution in [0.4, 0.5) is 0 Å². The molecule has 2 aromatic rings. The van der Waals surface area contributed by atoms with Gasteiger partial charge in [-0.25, -0.2) is 4.98 Å². The Morgan fingerprint density at radius 2 is 2.00 bits per heavy atom. The van der Waals surface area contributed by atoms with E-state index in [1.165, 1.54) is 18.7 Å². The fourth-order valence-electron chi connectivity index (χ4n) is 3.35. The summed E-state index contributed by atoms with van der Waals surface area (Å²) in [6.07, 6.45) is -0.728. The maximum Gasteiger partial charge on any atom is 0.275 e. The minimum atomic E-state index is -0.886. The van der Waals surface area contributed by atoms with E-state index in [1.54, 1.807) is 29.0 Å². The predicted molar refractivity (Wildman–Crippen MR) is 110 cm³/mol. The lowest BCUT2D eigenvalue weighted by atomic mass is 10.1. The summed E-state index contributed by atoms with van der Waals surface area (Å²) in [4.78, 5) is 48.3. The number of aliphatic hydroxyl groups is 1. The second kappa shape index (κ2) is 9.23. The maximum absolute atomic E-state index is 12.6. The Bertz CT molecular complexity index is 930. The van der Waals surface area contributed by atoms with Gasteiger partial charge in [0.05, 0.1) is 22.2 Å². The number of carbonyl (C=O) groups is 3. The third kappa shape index (κ3) is 4.95. The number of amides is 3. The van der Waals surface area contributed by atoms with E-state index in [-0.39, 0.29) is 18.9 Å². The third-order valence-corrected chi connectivity index (χ3v) is 5.76. The quantitative estimate of drug-likeness (QED) is 0.586. The van der Waals surface area contributed by atoms with Gasteiger partial charge in [0, 0.05) is 19.9 Å². The molecule has 0 unspecified atom stereocenters. The van der Waals surface area contributed by atoms with Crippen molar-refractivity contribution in [2.75, 3.05) is 6.54 Å². The molecule has 3 N–H and O–H groups in total. The molecule has 0 aliphatic carbocycles. The first kappa shape index (κ1) is 21.7. The van der Waals surface area contributed by atoms with E-state index in [2.05, 4.69) is 15.8 Å². The Balaban J connectivity index is 1.61. The first-order chi connectivity index (χ1) is 14.3. The molecule has 1 aromatic heterocycles. The largest absolute Gasteiger partial charge is 0.391 e. The molecule has 1 fully saturated rings. The highest BCUT2D eigenvalue weighted by Gasteiger charge is 2.40. The summed E-state index contributed by atoms with van der Waals surface area (Å²) in [6.45, 7) is 4.80. The molecule has 2 heterocycles. The van der Waals surface area contributed by atoms with Crippen LogP contribution in [-0.4, -0.2) is 57.4 Å². The number of aryl methyl sites for hydroxylation is 1. The Hall–Kier alpha value is -2.98. The average Bonchev–Trinajstić information content (AvgIpc) is 3.31. The smallest absolute Gasteiger partial charge is 0.275 e. The zero-order valence-electron chi connectivity index (χ0n) is 16.9. The van der Waals surface area contributed by atoms with Gasteiger partial charge in [-0.15, -0.1) is 11.3 Å². The van der Waals surface area contributed by atoms with Gasteiger partial charge in [0.2, 0.25) is 11.8 Å². The molecule has 10 heteroatoms. The van der Waals surface area contributed by atoms with Crippen molar-refractivity contribution in [2.45, 2.75) is 45.4 Å². The van der Waals surface area contributed by atoms with Crippen molar-refractivity contribution < 1.29 is 24.3 Å². The average molecular weight is 433 g/mol. The fourth-order valence-corrected chi connectivity index (χ4v) is 4.16. The normalized spacial score (nSPS) is 19.3. The minimum absolute atomic E-state index is 0.0176. The highest BCUT2D eigenvalue weighted by atomic mass is 32.1. The monoisotopic (exact) mass is 432 g/mol. The number of hydroxylamine groups is 1. The maximum atomic E-state index is 12.6. The molecule has 1 aliphatic rings. The molecule has 3 amide bonds. The molecule has 1 aliphatic heterocycles. The van der Waals surface area contributed by atoms with Gasteiger partial charge in [-0.1, -0.05) is 0 Å². The van der Waals surface area contributed by atoms with Crippen LogP contribution in [0.2, 0.25) is 0 Å². The number of aliphatic hydroxyl groups excluding tert-OH is 1. The molecule has 0 radical (unpaired) electrons. The minimum Gasteiger partial charge on any atom is -0.391 e. The van der Waals surface area contributed by atoms with Crippen LogP contribution >= 0.6 is 11.3 Å². The van der Waals surface area contributed by atoms with Gasteiger partial charge in [0.1, 0.15) is 12.1 Å². The lowest BCUT2D eigenvalue weighted by Crippen LogP contribution is -2.52. The lowest BCUT2D eigenvalue weighted by Gasteiger charge is -2.26. The van der Waals surface area contributed by atoms with Crippen molar-refractivity contribution in [3.63, 3.8) is 0 Å². The standard InChI is InChI=1S/C20H24N4O5S/c1-11-18(30-10-21-11)14-4-6-16(7-5-14)29-23-19(27)17-8-15(26)9-24(17)20(28)12(2)22-13(3)25/h4-7,10,12,15,17,26H,8-9H2,1-3H3,(H,22,25)(H,23,27)/t12-,15+,17-/m0/s1. The van der Waals surface area contributed by atoms with Gasteiger partial charge in [-0.3, -0.25) is 14.4 Å². The zero-order chi connectivity index (χ0) is 21.8. The van der Waals surface area contributed by atoms with Gasteiger partial charge in [0.25, 0.3) is 5.91 Å². The summed E-state index contributed by atoms with van der Waals surface area (Å²) in [6, 6.07) is 5.49. The molecular formula is C20H24N4O5S. The first-order valence-corrected chi connectivity index (χ1v) is 10.4. The SMILES string of the molecule is CC(=O)N[C@@H](C)C(=O)N1C[C@H](O)C[C@H]1C(=O)NOc1ccc(-c2scnc2C)cc1. The number of hydrogen-bond acceptors (Lipinski definition) is 7. The van der Waals surface area contributed by atoms with Gasteiger partial charge < -0.3 is 20.2 Å². The van der Waals surface area contributed by atoms with Gasteiger partial charge in [0.15, 0.2) is 5.75 Å². The molecule has 3 rings (SSSR count). The number of nitrogens with zero attached hydrogens (tertiary/aromatic N) is 2. The number of carbonyl (C=O) groups excluding carboxylic acids is 3. The van der Waals surface area contributed by atoms with E-state index in [1.807, 2.05) is 19.1 Å². The van der Waals surface area contributed by atoms with Crippen molar-refractivity contribution in [3.05, 3.63) is 35.5 Å². The Morgan fingerprint density at radius 1 is 1.30 bits per heavy atom. The number of likely N-dealkylation sites (tertiary alicyclic amines) is 1. The second-order valence-corrected chi connectivity index (χ2v) is 8.03. The summed E-state index contributed by atoms with van der Waals surface area (Å²) >= 11 is 1.54. The van der Waals surface area contributed by atoms with Gasteiger partial charge in [-0.05, 0) is 43.7 Å². The number of benzene rings is 1. The summed E-state index contributed by atoms with van der Waals surface area (Å²) in [5.41, 5.74) is 6.07. The summed E-state index contributed by atoms with van der Waals surface area (Å²) in [5.74, 6) is -0.905. The van der Waals surface area contributed by atoms with Crippen LogP contribution in [-0.2, 0) is 14.4 Å². The third-order valence-electron chi connectivity index (χ3n) is 4.79. The van der Waals surface area contributed by atoms with Crippen LogP contribution in [0.15, 0.2) is 29.8 Å². The molecule has 0 bridgehead atoms. The van der Waals surface area contributed by atoms with E-state index in [9.17, 15) is 19.5 Å². The van der Waals surface area contributed by atoms with Crippen LogP contribution in [0.25, 0.3) is 10.4 Å². The fraction of sp³-hybridized carbons (Fsp3) is 0.400. The number of nitrogens with one attached hydrogen (secondary N) is 2. The lowest BCUT2D eigenvalue weighted by molar-refractivity contribution is -0.143.